The van der Waals surface area contributed by atoms with Gasteiger partial charge in [-0.3, -0.25) is 9.80 Å². The Balaban J connectivity index is 1.29. The minimum atomic E-state index is 0.334. The molecule has 0 aliphatic carbocycles. The van der Waals surface area contributed by atoms with Crippen molar-refractivity contribution < 1.29 is 9.52 Å². The Morgan fingerprint density at radius 1 is 0.885 bits per heavy atom. The van der Waals surface area contributed by atoms with Gasteiger partial charge < -0.3 is 9.52 Å². The van der Waals surface area contributed by atoms with Crippen molar-refractivity contribution >= 4 is 0 Å². The van der Waals surface area contributed by atoms with Crippen molar-refractivity contribution in [1.29, 1.82) is 0 Å². The number of phenols is 1. The number of hydrogen-bond donors (Lipinski definition) is 1. The molecule has 0 atom stereocenters. The molecule has 0 radical (unpaired) electrons. The van der Waals surface area contributed by atoms with Gasteiger partial charge in [0, 0.05) is 38.3 Å². The third kappa shape index (κ3) is 4.12. The number of benzene rings is 2. The Morgan fingerprint density at radius 2 is 1.62 bits per heavy atom. The molecule has 1 fully saturated rings. The maximum absolute atomic E-state index is 9.59. The zero-order valence-corrected chi connectivity index (χ0v) is 14.7. The minimum absolute atomic E-state index is 0.334. The van der Waals surface area contributed by atoms with E-state index in [2.05, 4.69) is 20.9 Å². The fourth-order valence-corrected chi connectivity index (χ4v) is 3.33. The molecule has 1 aliphatic rings. The van der Waals surface area contributed by atoms with Crippen molar-refractivity contribution in [2.75, 3.05) is 26.2 Å². The smallest absolute Gasteiger partial charge is 0.226 e. The van der Waals surface area contributed by atoms with Crippen LogP contribution >= 0.6 is 0 Å². The second kappa shape index (κ2) is 7.72. The van der Waals surface area contributed by atoms with E-state index in [1.54, 1.807) is 6.07 Å². The number of nitrogens with zero attached hydrogens (tertiary/aromatic N) is 3. The van der Waals surface area contributed by atoms with E-state index in [0.717, 1.165) is 56.2 Å². The van der Waals surface area contributed by atoms with Gasteiger partial charge in [0.1, 0.15) is 11.5 Å². The number of phenolic OH excluding ortho intramolecular Hbond substituents is 1. The van der Waals surface area contributed by atoms with E-state index in [1.165, 1.54) is 0 Å². The molecule has 3 aromatic rings. The standard InChI is InChI=1S/C21H23N3O2/c25-19-8-4-5-17(13-19)15-23-9-11-24(12-10-23)16-20-14-22-21(26-20)18-6-2-1-3-7-18/h1-8,13-14,25H,9-12,15-16H2. The van der Waals surface area contributed by atoms with E-state index in [9.17, 15) is 5.11 Å². The van der Waals surface area contributed by atoms with Crippen molar-refractivity contribution in [2.45, 2.75) is 13.1 Å². The Bertz CT molecular complexity index is 839. The Labute approximate surface area is 153 Å². The van der Waals surface area contributed by atoms with Crippen LogP contribution in [0.2, 0.25) is 0 Å². The van der Waals surface area contributed by atoms with Gasteiger partial charge in [-0.2, -0.15) is 0 Å². The van der Waals surface area contributed by atoms with Gasteiger partial charge in [0.15, 0.2) is 0 Å². The lowest BCUT2D eigenvalue weighted by Crippen LogP contribution is -2.45. The summed E-state index contributed by atoms with van der Waals surface area (Å²) in [4.78, 5) is 9.22. The van der Waals surface area contributed by atoms with Crippen LogP contribution in [0.25, 0.3) is 11.5 Å². The van der Waals surface area contributed by atoms with E-state index < -0.39 is 0 Å². The Kier molecular flexibility index (Phi) is 5.00. The molecule has 1 N–H and O–H groups in total. The van der Waals surface area contributed by atoms with Crippen LogP contribution in [0.1, 0.15) is 11.3 Å². The van der Waals surface area contributed by atoms with Crippen LogP contribution in [0.3, 0.4) is 0 Å². The average Bonchev–Trinajstić information content (AvgIpc) is 3.13. The summed E-state index contributed by atoms with van der Waals surface area (Å²) in [5.41, 5.74) is 2.16. The lowest BCUT2D eigenvalue weighted by molar-refractivity contribution is 0.116. The highest BCUT2D eigenvalue weighted by atomic mass is 16.4. The van der Waals surface area contributed by atoms with E-state index in [0.29, 0.717) is 11.6 Å². The van der Waals surface area contributed by atoms with Gasteiger partial charge in [-0.15, -0.1) is 0 Å². The number of hydrogen-bond acceptors (Lipinski definition) is 5. The quantitative estimate of drug-likeness (QED) is 0.765. The molecule has 2 aromatic carbocycles. The third-order valence-corrected chi connectivity index (χ3v) is 4.74. The zero-order valence-electron chi connectivity index (χ0n) is 14.7. The molecule has 1 aromatic heterocycles. The van der Waals surface area contributed by atoms with Crippen LogP contribution in [0.4, 0.5) is 0 Å². The van der Waals surface area contributed by atoms with Crippen molar-refractivity contribution in [2.24, 2.45) is 0 Å². The molecule has 26 heavy (non-hydrogen) atoms. The molecule has 1 saturated heterocycles. The van der Waals surface area contributed by atoms with Gasteiger partial charge in [-0.05, 0) is 29.8 Å². The monoisotopic (exact) mass is 349 g/mol. The number of aromatic hydroxyl groups is 1. The second-order valence-electron chi connectivity index (χ2n) is 6.72. The van der Waals surface area contributed by atoms with Crippen LogP contribution in [0, 0.1) is 0 Å². The van der Waals surface area contributed by atoms with Gasteiger partial charge in [0.2, 0.25) is 5.89 Å². The number of aromatic nitrogens is 1. The Hall–Kier alpha value is -2.63. The second-order valence-corrected chi connectivity index (χ2v) is 6.72. The van der Waals surface area contributed by atoms with E-state index in [-0.39, 0.29) is 0 Å². The van der Waals surface area contributed by atoms with Crippen molar-refractivity contribution in [1.82, 2.24) is 14.8 Å². The summed E-state index contributed by atoms with van der Waals surface area (Å²) < 4.78 is 5.91. The lowest BCUT2D eigenvalue weighted by Gasteiger charge is -2.34. The molecular weight excluding hydrogens is 326 g/mol. The summed E-state index contributed by atoms with van der Waals surface area (Å²) in [6, 6.07) is 17.5. The fourth-order valence-electron chi connectivity index (χ4n) is 3.33. The zero-order chi connectivity index (χ0) is 17.8. The summed E-state index contributed by atoms with van der Waals surface area (Å²) in [5.74, 6) is 1.93. The summed E-state index contributed by atoms with van der Waals surface area (Å²) in [6.07, 6.45) is 1.83. The molecular formula is C21H23N3O2. The third-order valence-electron chi connectivity index (χ3n) is 4.74. The van der Waals surface area contributed by atoms with Gasteiger partial charge in [-0.25, -0.2) is 4.98 Å². The van der Waals surface area contributed by atoms with Crippen molar-refractivity contribution in [3.63, 3.8) is 0 Å². The molecule has 2 heterocycles. The van der Waals surface area contributed by atoms with E-state index >= 15 is 0 Å². The van der Waals surface area contributed by atoms with Gasteiger partial charge in [0.25, 0.3) is 0 Å². The normalized spacial score (nSPS) is 16.0. The summed E-state index contributed by atoms with van der Waals surface area (Å²) >= 11 is 0. The summed E-state index contributed by atoms with van der Waals surface area (Å²) in [7, 11) is 0. The molecule has 0 amide bonds. The molecule has 0 bridgehead atoms. The van der Waals surface area contributed by atoms with Crippen LogP contribution in [0.15, 0.2) is 65.2 Å². The first-order chi connectivity index (χ1) is 12.8. The van der Waals surface area contributed by atoms with Crippen molar-refractivity contribution in [3.05, 3.63) is 72.1 Å². The summed E-state index contributed by atoms with van der Waals surface area (Å²) in [6.45, 7) is 5.69. The van der Waals surface area contributed by atoms with Crippen LogP contribution in [0.5, 0.6) is 5.75 Å². The molecule has 5 heteroatoms. The van der Waals surface area contributed by atoms with Crippen LogP contribution in [-0.4, -0.2) is 46.1 Å². The van der Waals surface area contributed by atoms with E-state index in [4.69, 9.17) is 4.42 Å². The molecule has 0 saturated carbocycles. The first-order valence-electron chi connectivity index (χ1n) is 8.99. The number of oxazole rings is 1. The van der Waals surface area contributed by atoms with Gasteiger partial charge >= 0.3 is 0 Å². The SMILES string of the molecule is Oc1cccc(CN2CCN(Cc3cnc(-c4ccccc4)o3)CC2)c1. The van der Waals surface area contributed by atoms with Crippen LogP contribution < -0.4 is 0 Å². The topological polar surface area (TPSA) is 52.7 Å². The largest absolute Gasteiger partial charge is 0.508 e. The Morgan fingerprint density at radius 3 is 2.35 bits per heavy atom. The first kappa shape index (κ1) is 16.8. The highest BCUT2D eigenvalue weighted by molar-refractivity contribution is 5.52. The van der Waals surface area contributed by atoms with Gasteiger partial charge in [-0.1, -0.05) is 30.3 Å². The predicted molar refractivity (Wildman–Crippen MR) is 101 cm³/mol. The maximum atomic E-state index is 9.59. The number of piperazine rings is 1. The highest BCUT2D eigenvalue weighted by Gasteiger charge is 2.18. The first-order valence-corrected chi connectivity index (χ1v) is 8.99. The fraction of sp³-hybridized carbons (Fsp3) is 0.286. The minimum Gasteiger partial charge on any atom is -0.508 e. The molecule has 1 aliphatic heterocycles. The highest BCUT2D eigenvalue weighted by Crippen LogP contribution is 2.20. The average molecular weight is 349 g/mol. The molecule has 4 rings (SSSR count). The van der Waals surface area contributed by atoms with Crippen LogP contribution in [-0.2, 0) is 13.1 Å². The molecule has 134 valence electrons. The lowest BCUT2D eigenvalue weighted by atomic mass is 10.2. The molecule has 0 spiro atoms. The molecule has 5 nitrogen and oxygen atoms in total. The number of rotatable bonds is 5. The maximum Gasteiger partial charge on any atom is 0.226 e. The van der Waals surface area contributed by atoms with Gasteiger partial charge in [0.05, 0.1) is 12.7 Å². The van der Waals surface area contributed by atoms with E-state index in [1.807, 2.05) is 48.7 Å². The summed E-state index contributed by atoms with van der Waals surface area (Å²) in [5, 5.41) is 9.59. The van der Waals surface area contributed by atoms with Crippen molar-refractivity contribution in [3.8, 4) is 17.2 Å². The molecule has 0 unspecified atom stereocenters. The predicted octanol–water partition coefficient (Wildman–Crippen LogP) is 3.37.